The zero-order valence-corrected chi connectivity index (χ0v) is 7.11. The van der Waals surface area contributed by atoms with E-state index >= 15 is 0 Å². The van der Waals surface area contributed by atoms with Crippen molar-refractivity contribution in [2.24, 2.45) is 17.0 Å². The Bertz CT molecular complexity index is 247. The largest absolute Gasteiger partial charge is 0.362 e. The summed E-state index contributed by atoms with van der Waals surface area (Å²) < 4.78 is 5.08. The first-order chi connectivity index (χ1) is 5.70. The Morgan fingerprint density at radius 2 is 2.33 bits per heavy atom. The van der Waals surface area contributed by atoms with Crippen LogP contribution in [0.15, 0.2) is 5.16 Å². The number of ether oxygens (including phenoxy) is 1. The average molecular weight is 169 g/mol. The van der Waals surface area contributed by atoms with Gasteiger partial charge >= 0.3 is 0 Å². The van der Waals surface area contributed by atoms with Gasteiger partial charge in [-0.3, -0.25) is 4.79 Å². The van der Waals surface area contributed by atoms with Gasteiger partial charge in [-0.15, -0.1) is 0 Å². The molecule has 2 rings (SSSR count). The molecule has 0 bridgehead atoms. The van der Waals surface area contributed by atoms with Crippen molar-refractivity contribution in [1.29, 1.82) is 0 Å². The molecular weight excluding hydrogens is 158 g/mol. The van der Waals surface area contributed by atoms with E-state index in [9.17, 15) is 4.79 Å². The molecule has 0 N–H and O–H groups in total. The van der Waals surface area contributed by atoms with Crippen molar-refractivity contribution in [2.75, 3.05) is 6.61 Å². The van der Waals surface area contributed by atoms with E-state index in [0.717, 1.165) is 5.71 Å². The minimum absolute atomic E-state index is 0.0879. The summed E-state index contributed by atoms with van der Waals surface area (Å²) in [5.41, 5.74) is 0.822. The van der Waals surface area contributed by atoms with E-state index < -0.39 is 6.29 Å². The topological polar surface area (TPSA) is 47.9 Å². The SMILES string of the molecule is CC(C)C1=NO[C@@H]2OCC(=O)[C@H]12. The summed E-state index contributed by atoms with van der Waals surface area (Å²) >= 11 is 0. The van der Waals surface area contributed by atoms with E-state index in [1.807, 2.05) is 13.8 Å². The molecule has 12 heavy (non-hydrogen) atoms. The van der Waals surface area contributed by atoms with Crippen LogP contribution in [-0.2, 0) is 14.4 Å². The smallest absolute Gasteiger partial charge is 0.242 e. The van der Waals surface area contributed by atoms with Crippen LogP contribution < -0.4 is 0 Å². The lowest BCUT2D eigenvalue weighted by Gasteiger charge is -2.07. The number of Topliss-reactive ketones (excluding diaryl/α,β-unsaturated/α-hetero) is 1. The quantitative estimate of drug-likeness (QED) is 0.576. The fraction of sp³-hybridized carbons (Fsp3) is 0.750. The lowest BCUT2D eigenvalue weighted by Crippen LogP contribution is -2.27. The van der Waals surface area contributed by atoms with Crippen LogP contribution in [0.3, 0.4) is 0 Å². The highest BCUT2D eigenvalue weighted by molar-refractivity contribution is 6.08. The average Bonchev–Trinajstić information content (AvgIpc) is 2.53. The van der Waals surface area contributed by atoms with Crippen LogP contribution in [0.1, 0.15) is 13.8 Å². The Hall–Kier alpha value is -0.900. The van der Waals surface area contributed by atoms with Gasteiger partial charge in [-0.25, -0.2) is 0 Å². The third-order valence-electron chi connectivity index (χ3n) is 2.18. The van der Waals surface area contributed by atoms with Gasteiger partial charge < -0.3 is 9.57 Å². The Labute approximate surface area is 70.5 Å². The highest BCUT2D eigenvalue weighted by Crippen LogP contribution is 2.29. The Kier molecular flexibility index (Phi) is 1.65. The first-order valence-electron chi connectivity index (χ1n) is 4.08. The van der Waals surface area contributed by atoms with Crippen molar-refractivity contribution in [3.63, 3.8) is 0 Å². The van der Waals surface area contributed by atoms with E-state index in [1.165, 1.54) is 0 Å². The van der Waals surface area contributed by atoms with E-state index in [1.54, 1.807) is 0 Å². The molecule has 2 aliphatic rings. The molecule has 0 radical (unpaired) electrons. The molecule has 0 aromatic carbocycles. The molecule has 0 aromatic heterocycles. The molecule has 4 nitrogen and oxygen atoms in total. The summed E-state index contributed by atoms with van der Waals surface area (Å²) in [7, 11) is 0. The number of fused-ring (bicyclic) bond motifs is 1. The number of rotatable bonds is 1. The van der Waals surface area contributed by atoms with Gasteiger partial charge in [-0.05, 0) is 5.92 Å². The van der Waals surface area contributed by atoms with Crippen molar-refractivity contribution >= 4 is 11.5 Å². The number of hydrogen-bond donors (Lipinski definition) is 0. The lowest BCUT2D eigenvalue weighted by atomic mass is 9.92. The fourth-order valence-corrected chi connectivity index (χ4v) is 1.53. The molecular formula is C8H11NO3. The summed E-state index contributed by atoms with van der Waals surface area (Å²) in [6.07, 6.45) is -0.435. The monoisotopic (exact) mass is 169 g/mol. The summed E-state index contributed by atoms with van der Waals surface area (Å²) in [4.78, 5) is 16.3. The highest BCUT2D eigenvalue weighted by atomic mass is 16.8. The van der Waals surface area contributed by atoms with Crippen LogP contribution in [0.5, 0.6) is 0 Å². The molecule has 66 valence electrons. The lowest BCUT2D eigenvalue weighted by molar-refractivity contribution is -0.119. The third kappa shape index (κ3) is 0.948. The zero-order chi connectivity index (χ0) is 8.72. The van der Waals surface area contributed by atoms with E-state index in [2.05, 4.69) is 5.16 Å². The number of carbonyl (C=O) groups excluding carboxylic acids is 1. The molecule has 0 spiro atoms. The second-order valence-electron chi connectivity index (χ2n) is 3.40. The summed E-state index contributed by atoms with van der Waals surface area (Å²) in [6.45, 7) is 4.16. The molecule has 1 saturated heterocycles. The summed E-state index contributed by atoms with van der Waals surface area (Å²) in [6, 6.07) is 0. The molecule has 0 unspecified atom stereocenters. The van der Waals surface area contributed by atoms with Gasteiger partial charge in [-0.1, -0.05) is 19.0 Å². The Morgan fingerprint density at radius 3 is 3.00 bits per heavy atom. The van der Waals surface area contributed by atoms with Gasteiger partial charge in [0, 0.05) is 0 Å². The Balaban J connectivity index is 2.22. The molecule has 0 aromatic rings. The van der Waals surface area contributed by atoms with Crippen LogP contribution in [0.2, 0.25) is 0 Å². The molecule has 0 saturated carbocycles. The van der Waals surface area contributed by atoms with Crippen molar-refractivity contribution in [3.8, 4) is 0 Å². The van der Waals surface area contributed by atoms with E-state index in [-0.39, 0.29) is 24.2 Å². The second-order valence-corrected chi connectivity index (χ2v) is 3.40. The van der Waals surface area contributed by atoms with Gasteiger partial charge in [0.1, 0.15) is 12.5 Å². The number of ketones is 1. The van der Waals surface area contributed by atoms with Gasteiger partial charge in [0.25, 0.3) is 0 Å². The fourth-order valence-electron chi connectivity index (χ4n) is 1.53. The van der Waals surface area contributed by atoms with E-state index in [0.29, 0.717) is 0 Å². The molecule has 0 amide bonds. The summed E-state index contributed by atoms with van der Waals surface area (Å²) in [5.74, 6) is 0.112. The maximum Gasteiger partial charge on any atom is 0.242 e. The van der Waals surface area contributed by atoms with Crippen molar-refractivity contribution in [3.05, 3.63) is 0 Å². The molecule has 4 heteroatoms. The standard InChI is InChI=1S/C8H11NO3/c1-4(2)7-6-5(10)3-11-8(6)12-9-7/h4,6,8H,3H2,1-2H3/t6-,8+/m1/s1. The molecule has 2 heterocycles. The molecule has 0 aliphatic carbocycles. The van der Waals surface area contributed by atoms with Crippen LogP contribution >= 0.6 is 0 Å². The number of nitrogens with zero attached hydrogens (tertiary/aromatic N) is 1. The minimum Gasteiger partial charge on any atom is -0.362 e. The van der Waals surface area contributed by atoms with Crippen LogP contribution in [0.25, 0.3) is 0 Å². The van der Waals surface area contributed by atoms with Gasteiger partial charge in [0.05, 0.1) is 5.71 Å². The first kappa shape index (κ1) is 7.73. The maximum absolute atomic E-state index is 11.3. The van der Waals surface area contributed by atoms with Crippen LogP contribution in [-0.4, -0.2) is 24.4 Å². The predicted octanol–water partition coefficient (Wildman–Crippen LogP) is 0.570. The minimum atomic E-state index is -0.435. The summed E-state index contributed by atoms with van der Waals surface area (Å²) in [5, 5.41) is 3.84. The van der Waals surface area contributed by atoms with Gasteiger partial charge in [-0.2, -0.15) is 0 Å². The first-order valence-corrected chi connectivity index (χ1v) is 4.08. The van der Waals surface area contributed by atoms with Crippen molar-refractivity contribution in [2.45, 2.75) is 20.1 Å². The maximum atomic E-state index is 11.3. The van der Waals surface area contributed by atoms with E-state index in [4.69, 9.17) is 9.57 Å². The molecule has 2 aliphatic heterocycles. The predicted molar refractivity (Wildman–Crippen MR) is 41.6 cm³/mol. The van der Waals surface area contributed by atoms with Gasteiger partial charge in [0.15, 0.2) is 5.78 Å². The normalized spacial score (nSPS) is 33.6. The van der Waals surface area contributed by atoms with Crippen molar-refractivity contribution < 1.29 is 14.4 Å². The van der Waals surface area contributed by atoms with Crippen molar-refractivity contribution in [1.82, 2.24) is 0 Å². The van der Waals surface area contributed by atoms with Crippen LogP contribution in [0, 0.1) is 11.8 Å². The van der Waals surface area contributed by atoms with Gasteiger partial charge in [0.2, 0.25) is 6.29 Å². The second kappa shape index (κ2) is 2.55. The Morgan fingerprint density at radius 1 is 1.58 bits per heavy atom. The van der Waals surface area contributed by atoms with Crippen LogP contribution in [0.4, 0.5) is 0 Å². The molecule has 2 atom stereocenters. The molecule has 1 fully saturated rings. The third-order valence-corrected chi connectivity index (χ3v) is 2.18. The zero-order valence-electron chi connectivity index (χ0n) is 7.11. The number of hydrogen-bond acceptors (Lipinski definition) is 4. The highest BCUT2D eigenvalue weighted by Gasteiger charge is 2.46. The number of carbonyl (C=O) groups is 1. The number of oxime groups is 1.